The van der Waals surface area contributed by atoms with Crippen LogP contribution in [-0.2, 0) is 5.41 Å². The van der Waals surface area contributed by atoms with Crippen molar-refractivity contribution < 1.29 is 4.79 Å². The normalized spacial score (nSPS) is 11.2. The molecule has 0 aliphatic carbocycles. The number of aryl methyl sites for hydroxylation is 2. The minimum absolute atomic E-state index is 0.00460. The average molecular weight is 374 g/mol. The van der Waals surface area contributed by atoms with Crippen LogP contribution in [0.5, 0.6) is 0 Å². The van der Waals surface area contributed by atoms with Crippen LogP contribution in [-0.4, -0.2) is 15.9 Å². The van der Waals surface area contributed by atoms with Gasteiger partial charge in [-0.15, -0.1) is 0 Å². The van der Waals surface area contributed by atoms with E-state index in [-0.39, 0.29) is 11.3 Å². The fourth-order valence-electron chi connectivity index (χ4n) is 3.13. The maximum absolute atomic E-state index is 12.5. The molecule has 5 heteroatoms. The molecule has 0 fully saturated rings. The summed E-state index contributed by atoms with van der Waals surface area (Å²) in [6.07, 6.45) is 3.07. The molecule has 3 aromatic rings. The molecule has 28 heavy (non-hydrogen) atoms. The van der Waals surface area contributed by atoms with Crippen LogP contribution >= 0.6 is 0 Å². The minimum Gasteiger partial charge on any atom is -0.324 e. The highest BCUT2D eigenvalue weighted by molar-refractivity contribution is 6.04. The SMILES string of the molecule is Cc1cc(C)cc(NC(=O)c2cnc(Nc3ccccc3C(C)(C)C)nc2)c1. The van der Waals surface area contributed by atoms with Crippen LogP contribution in [0.3, 0.4) is 0 Å². The highest BCUT2D eigenvalue weighted by Gasteiger charge is 2.18. The molecular formula is C23H26N4O. The standard InChI is InChI=1S/C23H26N4O/c1-15-10-16(2)12-18(11-15)26-21(28)17-13-24-22(25-14-17)27-20-9-7-6-8-19(20)23(3,4)5/h6-14H,1-5H3,(H,26,28)(H,24,25,27). The summed E-state index contributed by atoms with van der Waals surface area (Å²) in [5, 5.41) is 6.15. The number of aromatic nitrogens is 2. The zero-order chi connectivity index (χ0) is 20.3. The van der Waals surface area contributed by atoms with Crippen molar-refractivity contribution >= 4 is 23.2 Å². The Hall–Kier alpha value is -3.21. The van der Waals surface area contributed by atoms with Crippen LogP contribution in [0.15, 0.2) is 54.9 Å². The van der Waals surface area contributed by atoms with Gasteiger partial charge in [0.05, 0.1) is 5.56 Å². The van der Waals surface area contributed by atoms with Gasteiger partial charge in [0.1, 0.15) is 0 Å². The summed E-state index contributed by atoms with van der Waals surface area (Å²) in [6, 6.07) is 14.0. The monoisotopic (exact) mass is 374 g/mol. The number of anilines is 3. The van der Waals surface area contributed by atoms with Crippen LogP contribution in [0.4, 0.5) is 17.3 Å². The van der Waals surface area contributed by atoms with Crippen LogP contribution < -0.4 is 10.6 Å². The van der Waals surface area contributed by atoms with Gasteiger partial charge < -0.3 is 10.6 Å². The van der Waals surface area contributed by atoms with E-state index in [2.05, 4.69) is 53.5 Å². The number of hydrogen-bond acceptors (Lipinski definition) is 4. The number of carbonyl (C=O) groups excluding carboxylic acids is 1. The van der Waals surface area contributed by atoms with Gasteiger partial charge in [-0.1, -0.05) is 45.0 Å². The molecule has 0 aliphatic rings. The Balaban J connectivity index is 1.74. The Bertz CT molecular complexity index is 968. The van der Waals surface area contributed by atoms with Crippen LogP contribution in [0, 0.1) is 13.8 Å². The predicted molar refractivity (Wildman–Crippen MR) is 114 cm³/mol. The third-order valence-corrected chi connectivity index (χ3v) is 4.38. The van der Waals surface area contributed by atoms with Gasteiger partial charge in [-0.2, -0.15) is 0 Å². The Labute approximate surface area is 166 Å². The molecule has 3 rings (SSSR count). The van der Waals surface area contributed by atoms with Crippen molar-refractivity contribution in [2.75, 3.05) is 10.6 Å². The lowest BCUT2D eigenvalue weighted by Gasteiger charge is -2.22. The summed E-state index contributed by atoms with van der Waals surface area (Å²) in [7, 11) is 0. The summed E-state index contributed by atoms with van der Waals surface area (Å²) >= 11 is 0. The van der Waals surface area contributed by atoms with Crippen molar-refractivity contribution in [3.05, 3.63) is 77.1 Å². The maximum atomic E-state index is 12.5. The van der Waals surface area contributed by atoms with Crippen LogP contribution in [0.1, 0.15) is 47.8 Å². The zero-order valence-electron chi connectivity index (χ0n) is 17.0. The van der Waals surface area contributed by atoms with Gasteiger partial charge in [-0.05, 0) is 54.2 Å². The average Bonchev–Trinajstić information content (AvgIpc) is 2.61. The second kappa shape index (κ2) is 7.80. The number of carbonyl (C=O) groups is 1. The fourth-order valence-corrected chi connectivity index (χ4v) is 3.13. The molecule has 0 saturated carbocycles. The molecule has 2 aromatic carbocycles. The second-order valence-corrected chi connectivity index (χ2v) is 8.05. The molecule has 0 spiro atoms. The van der Waals surface area contributed by atoms with Gasteiger partial charge in [0, 0.05) is 23.8 Å². The Morgan fingerprint density at radius 2 is 1.54 bits per heavy atom. The first kappa shape index (κ1) is 19.5. The van der Waals surface area contributed by atoms with Gasteiger partial charge in [0.25, 0.3) is 5.91 Å². The lowest BCUT2D eigenvalue weighted by molar-refractivity contribution is 0.102. The number of amides is 1. The van der Waals surface area contributed by atoms with Crippen LogP contribution in [0.2, 0.25) is 0 Å². The van der Waals surface area contributed by atoms with Crippen molar-refractivity contribution in [3.8, 4) is 0 Å². The molecule has 144 valence electrons. The number of nitrogens with zero attached hydrogens (tertiary/aromatic N) is 2. The number of hydrogen-bond donors (Lipinski definition) is 2. The Morgan fingerprint density at radius 1 is 0.929 bits per heavy atom. The third kappa shape index (κ3) is 4.74. The molecule has 0 atom stereocenters. The molecule has 5 nitrogen and oxygen atoms in total. The summed E-state index contributed by atoms with van der Waals surface area (Å²) < 4.78 is 0. The van der Waals surface area contributed by atoms with Crippen molar-refractivity contribution in [3.63, 3.8) is 0 Å². The molecule has 1 aromatic heterocycles. The first-order chi connectivity index (χ1) is 13.2. The molecule has 0 saturated heterocycles. The number of benzene rings is 2. The molecule has 1 amide bonds. The van der Waals surface area contributed by atoms with Crippen molar-refractivity contribution in [1.82, 2.24) is 9.97 Å². The highest BCUT2D eigenvalue weighted by atomic mass is 16.1. The lowest BCUT2D eigenvalue weighted by atomic mass is 9.86. The van der Waals surface area contributed by atoms with Crippen molar-refractivity contribution in [2.24, 2.45) is 0 Å². The van der Waals surface area contributed by atoms with E-state index in [0.29, 0.717) is 11.5 Å². The van der Waals surface area contributed by atoms with Gasteiger partial charge in [-0.3, -0.25) is 4.79 Å². The Morgan fingerprint density at radius 3 is 2.14 bits per heavy atom. The number of para-hydroxylation sites is 1. The van der Waals surface area contributed by atoms with Gasteiger partial charge in [0.15, 0.2) is 0 Å². The molecule has 0 aliphatic heterocycles. The molecule has 0 radical (unpaired) electrons. The first-order valence-electron chi connectivity index (χ1n) is 9.30. The van der Waals surface area contributed by atoms with E-state index >= 15 is 0 Å². The molecule has 0 bridgehead atoms. The van der Waals surface area contributed by atoms with Crippen LogP contribution in [0.25, 0.3) is 0 Å². The number of rotatable bonds is 4. The van der Waals surface area contributed by atoms with Crippen molar-refractivity contribution in [2.45, 2.75) is 40.0 Å². The van der Waals surface area contributed by atoms with E-state index in [1.165, 1.54) is 18.0 Å². The van der Waals surface area contributed by atoms with Gasteiger partial charge in [-0.25, -0.2) is 9.97 Å². The minimum atomic E-state index is -0.230. The van der Waals surface area contributed by atoms with E-state index in [9.17, 15) is 4.79 Å². The summed E-state index contributed by atoms with van der Waals surface area (Å²) in [5.74, 6) is 0.228. The van der Waals surface area contributed by atoms with E-state index in [1.54, 1.807) is 0 Å². The summed E-state index contributed by atoms with van der Waals surface area (Å²) in [6.45, 7) is 10.5. The highest BCUT2D eigenvalue weighted by Crippen LogP contribution is 2.30. The van der Waals surface area contributed by atoms with Gasteiger partial charge >= 0.3 is 0 Å². The molecule has 0 unspecified atom stereocenters. The fraction of sp³-hybridized carbons (Fsp3) is 0.261. The summed E-state index contributed by atoms with van der Waals surface area (Å²) in [4.78, 5) is 21.1. The third-order valence-electron chi connectivity index (χ3n) is 4.38. The largest absolute Gasteiger partial charge is 0.324 e. The van der Waals surface area contributed by atoms with Gasteiger partial charge in [0.2, 0.25) is 5.95 Å². The molecule has 1 heterocycles. The smallest absolute Gasteiger partial charge is 0.258 e. The van der Waals surface area contributed by atoms with E-state index < -0.39 is 0 Å². The van der Waals surface area contributed by atoms with E-state index in [0.717, 1.165) is 22.5 Å². The maximum Gasteiger partial charge on any atom is 0.258 e. The molecular weight excluding hydrogens is 348 g/mol. The molecule has 2 N–H and O–H groups in total. The van der Waals surface area contributed by atoms with Crippen molar-refractivity contribution in [1.29, 1.82) is 0 Å². The predicted octanol–water partition coefficient (Wildman–Crippen LogP) is 5.39. The topological polar surface area (TPSA) is 66.9 Å². The summed E-state index contributed by atoms with van der Waals surface area (Å²) in [5.41, 5.74) is 5.51. The number of nitrogens with one attached hydrogen (secondary N) is 2. The lowest BCUT2D eigenvalue weighted by Crippen LogP contribution is -2.15. The quantitative estimate of drug-likeness (QED) is 0.643. The second-order valence-electron chi connectivity index (χ2n) is 8.05. The van der Waals surface area contributed by atoms with E-state index in [1.807, 2.05) is 44.2 Å². The Kier molecular flexibility index (Phi) is 5.45. The zero-order valence-corrected chi connectivity index (χ0v) is 17.0. The van der Waals surface area contributed by atoms with E-state index in [4.69, 9.17) is 0 Å². The first-order valence-corrected chi connectivity index (χ1v) is 9.30.